The van der Waals surface area contributed by atoms with Crippen molar-refractivity contribution < 1.29 is 9.59 Å². The lowest BCUT2D eigenvalue weighted by molar-refractivity contribution is -0.133. The largest absolute Gasteiger partial charge is 0.397 e. The number of halogens is 2. The fourth-order valence-corrected chi connectivity index (χ4v) is 7.30. The average Bonchev–Trinajstić information content (AvgIpc) is 3.39. The molecule has 2 aliphatic rings. The summed E-state index contributed by atoms with van der Waals surface area (Å²) in [4.78, 5) is 57.3. The number of urea groups is 1. The summed E-state index contributed by atoms with van der Waals surface area (Å²) < 4.78 is 3.13. The van der Waals surface area contributed by atoms with Crippen molar-refractivity contribution in [2.24, 2.45) is 0 Å². The summed E-state index contributed by atoms with van der Waals surface area (Å²) >= 11 is 7.00. The lowest BCUT2D eigenvalue weighted by atomic mass is 10.0. The zero-order chi connectivity index (χ0) is 30.8. The number of piperidine rings is 1. The molecular weight excluding hydrogens is 694 g/mol. The SMILES string of the molecule is Nc1c(Br)cc(C[C@H](NC(=O)N2CCC(n3c(=O)[nH]c4cccnc43)CC2)C(=O)N2CCN(c3ccncc3)CC2)cc1Br. The van der Waals surface area contributed by atoms with Crippen molar-refractivity contribution >= 4 is 66.3 Å². The number of likely N-dealkylation sites (tertiary alicyclic amines) is 1. The summed E-state index contributed by atoms with van der Waals surface area (Å²) in [7, 11) is 0. The number of fused-ring (bicyclic) bond motifs is 1. The Morgan fingerprint density at radius 3 is 2.34 bits per heavy atom. The van der Waals surface area contributed by atoms with E-state index in [0.717, 1.165) is 20.2 Å². The fourth-order valence-electron chi connectivity index (χ4n) is 6.02. The number of nitrogen functional groups attached to an aromatic ring is 1. The first-order chi connectivity index (χ1) is 21.3. The molecule has 6 rings (SSSR count). The quantitative estimate of drug-likeness (QED) is 0.258. The van der Waals surface area contributed by atoms with Crippen molar-refractivity contribution in [2.75, 3.05) is 49.9 Å². The number of anilines is 2. The second-order valence-electron chi connectivity index (χ2n) is 11.1. The number of H-pyrrole nitrogens is 1. The first-order valence-corrected chi connectivity index (χ1v) is 16.1. The third kappa shape index (κ3) is 6.32. The van der Waals surface area contributed by atoms with Crippen LogP contribution in [0.25, 0.3) is 11.2 Å². The molecule has 0 saturated carbocycles. The Kier molecular flexibility index (Phi) is 8.89. The van der Waals surface area contributed by atoms with Gasteiger partial charge in [0.25, 0.3) is 0 Å². The highest BCUT2D eigenvalue weighted by Crippen LogP contribution is 2.30. The van der Waals surface area contributed by atoms with Gasteiger partial charge in [0, 0.05) is 85.0 Å². The number of nitrogens with zero attached hydrogens (tertiary/aromatic N) is 6. The minimum atomic E-state index is -0.768. The average molecular weight is 727 g/mol. The normalized spacial score (nSPS) is 16.7. The molecule has 0 radical (unpaired) electrons. The highest BCUT2D eigenvalue weighted by molar-refractivity contribution is 9.11. The van der Waals surface area contributed by atoms with Gasteiger partial charge in [0.05, 0.1) is 11.2 Å². The number of piperazine rings is 1. The Morgan fingerprint density at radius 2 is 1.66 bits per heavy atom. The van der Waals surface area contributed by atoms with Crippen LogP contribution in [0.15, 0.2) is 68.7 Å². The van der Waals surface area contributed by atoms with E-state index < -0.39 is 6.04 Å². The van der Waals surface area contributed by atoms with Gasteiger partial charge in [0.15, 0.2) is 5.65 Å². The van der Waals surface area contributed by atoms with Crippen LogP contribution in [0.1, 0.15) is 24.4 Å². The highest BCUT2D eigenvalue weighted by atomic mass is 79.9. The fraction of sp³-hybridized carbons (Fsp3) is 0.367. The first kappa shape index (κ1) is 30.1. The maximum atomic E-state index is 13.9. The maximum absolute atomic E-state index is 13.9. The van der Waals surface area contributed by atoms with Crippen LogP contribution in [-0.4, -0.2) is 86.6 Å². The minimum Gasteiger partial charge on any atom is -0.397 e. The number of rotatable bonds is 6. The highest BCUT2D eigenvalue weighted by Gasteiger charge is 2.32. The Hall–Kier alpha value is -3.91. The molecule has 3 amide bonds. The van der Waals surface area contributed by atoms with Crippen LogP contribution in [0.2, 0.25) is 0 Å². The van der Waals surface area contributed by atoms with Gasteiger partial charge in [0.2, 0.25) is 5.91 Å². The van der Waals surface area contributed by atoms with Crippen molar-refractivity contribution in [3.05, 3.63) is 80.0 Å². The van der Waals surface area contributed by atoms with E-state index in [1.54, 1.807) is 34.1 Å². The van der Waals surface area contributed by atoms with Crippen molar-refractivity contribution in [1.29, 1.82) is 0 Å². The minimum absolute atomic E-state index is 0.0752. The zero-order valence-corrected chi connectivity index (χ0v) is 27.1. The molecule has 0 spiro atoms. The molecule has 2 fully saturated rings. The standard InChI is InChI=1S/C30H33Br2N9O3/c31-22-16-19(17-23(32)26(22)33)18-25(28(42)39-14-12-38(13-15-39)20-3-8-34-9-4-20)37-29(43)40-10-5-21(6-11-40)41-27-24(36-30(41)44)2-1-7-35-27/h1-4,7-9,16-17,21,25H,5-6,10-15,18,33H2,(H,36,44)(H,37,43)/t25-/m0/s1. The zero-order valence-electron chi connectivity index (χ0n) is 24.0. The number of carbonyl (C=O) groups excluding carboxylic acids is 2. The molecule has 2 saturated heterocycles. The number of carbonyl (C=O) groups is 2. The number of amides is 3. The molecule has 12 nitrogen and oxygen atoms in total. The Labute approximate surface area is 270 Å². The Balaban J connectivity index is 1.14. The lowest BCUT2D eigenvalue weighted by Gasteiger charge is -2.38. The molecule has 3 aromatic heterocycles. The van der Waals surface area contributed by atoms with Crippen molar-refractivity contribution in [3.63, 3.8) is 0 Å². The molecule has 4 aromatic rings. The number of nitrogens with two attached hydrogens (primary N) is 1. The van der Waals surface area contributed by atoms with Crippen LogP contribution < -0.4 is 21.6 Å². The molecular formula is C30H33Br2N9O3. The summed E-state index contributed by atoms with van der Waals surface area (Å²) in [6, 6.07) is 10.2. The molecule has 0 unspecified atom stereocenters. The van der Waals surface area contributed by atoms with Gasteiger partial charge < -0.3 is 30.7 Å². The molecule has 14 heteroatoms. The summed E-state index contributed by atoms with van der Waals surface area (Å²) in [6.07, 6.45) is 6.70. The van der Waals surface area contributed by atoms with Crippen LogP contribution >= 0.6 is 31.9 Å². The van der Waals surface area contributed by atoms with Crippen LogP contribution in [0.3, 0.4) is 0 Å². The molecule has 0 bridgehead atoms. The molecule has 230 valence electrons. The molecule has 4 N–H and O–H groups in total. The van der Waals surface area contributed by atoms with Crippen LogP contribution in [0.5, 0.6) is 0 Å². The molecule has 0 aliphatic carbocycles. The number of aromatic amines is 1. The first-order valence-electron chi connectivity index (χ1n) is 14.6. The van der Waals surface area contributed by atoms with Gasteiger partial charge in [-0.05, 0) is 86.7 Å². The van der Waals surface area contributed by atoms with Gasteiger partial charge in [-0.25, -0.2) is 14.6 Å². The number of pyridine rings is 2. The van der Waals surface area contributed by atoms with E-state index in [4.69, 9.17) is 5.73 Å². The van der Waals surface area contributed by atoms with E-state index in [9.17, 15) is 14.4 Å². The Morgan fingerprint density at radius 1 is 0.977 bits per heavy atom. The van der Waals surface area contributed by atoms with E-state index >= 15 is 0 Å². The van der Waals surface area contributed by atoms with Gasteiger partial charge in [-0.1, -0.05) is 0 Å². The van der Waals surface area contributed by atoms with E-state index in [1.165, 1.54) is 0 Å². The molecule has 5 heterocycles. The summed E-state index contributed by atoms with van der Waals surface area (Å²) in [5, 5.41) is 3.04. The van der Waals surface area contributed by atoms with Gasteiger partial charge >= 0.3 is 11.7 Å². The third-order valence-electron chi connectivity index (χ3n) is 8.39. The van der Waals surface area contributed by atoms with Crippen molar-refractivity contribution in [2.45, 2.75) is 31.3 Å². The summed E-state index contributed by atoms with van der Waals surface area (Å²) in [6.45, 7) is 3.36. The maximum Gasteiger partial charge on any atom is 0.327 e. The number of aromatic nitrogens is 4. The van der Waals surface area contributed by atoms with E-state index in [0.29, 0.717) is 75.4 Å². The smallest absolute Gasteiger partial charge is 0.327 e. The van der Waals surface area contributed by atoms with Crippen molar-refractivity contribution in [1.82, 2.24) is 34.6 Å². The topological polar surface area (TPSA) is 145 Å². The molecule has 1 aromatic carbocycles. The van der Waals surface area contributed by atoms with Crippen LogP contribution in [0.4, 0.5) is 16.2 Å². The monoisotopic (exact) mass is 725 g/mol. The van der Waals surface area contributed by atoms with E-state index in [-0.39, 0.29) is 23.7 Å². The van der Waals surface area contributed by atoms with Crippen LogP contribution in [0, 0.1) is 0 Å². The van der Waals surface area contributed by atoms with Gasteiger partial charge in [-0.15, -0.1) is 0 Å². The van der Waals surface area contributed by atoms with Gasteiger partial charge in [0.1, 0.15) is 6.04 Å². The third-order valence-corrected chi connectivity index (χ3v) is 9.70. The number of imidazole rings is 1. The number of hydrogen-bond donors (Lipinski definition) is 3. The molecule has 2 aliphatic heterocycles. The second-order valence-corrected chi connectivity index (χ2v) is 12.8. The summed E-state index contributed by atoms with van der Waals surface area (Å²) in [5.41, 5.74) is 9.72. The predicted molar refractivity (Wildman–Crippen MR) is 176 cm³/mol. The number of nitrogens with one attached hydrogen (secondary N) is 2. The van der Waals surface area contributed by atoms with E-state index in [1.807, 2.05) is 35.2 Å². The lowest BCUT2D eigenvalue weighted by Crippen LogP contribution is -2.57. The van der Waals surface area contributed by atoms with Gasteiger partial charge in [-0.2, -0.15) is 0 Å². The second kappa shape index (κ2) is 13.0. The molecule has 1 atom stereocenters. The van der Waals surface area contributed by atoms with Crippen molar-refractivity contribution in [3.8, 4) is 0 Å². The Bertz CT molecular complexity index is 1690. The van der Waals surface area contributed by atoms with Crippen LogP contribution in [-0.2, 0) is 11.2 Å². The molecule has 44 heavy (non-hydrogen) atoms. The number of hydrogen-bond acceptors (Lipinski definition) is 7. The van der Waals surface area contributed by atoms with Gasteiger partial charge in [-0.3, -0.25) is 14.3 Å². The summed E-state index contributed by atoms with van der Waals surface area (Å²) in [5.74, 6) is -0.122. The van der Waals surface area contributed by atoms with E-state index in [2.05, 4.69) is 57.0 Å². The predicted octanol–water partition coefficient (Wildman–Crippen LogP) is 3.53. The number of benzene rings is 1.